The number of amides is 1. The number of hydrogen-bond acceptors (Lipinski definition) is 2. The highest BCUT2D eigenvalue weighted by Gasteiger charge is 2.45. The molecule has 2 fully saturated rings. The van der Waals surface area contributed by atoms with Gasteiger partial charge in [0.15, 0.2) is 0 Å². The van der Waals surface area contributed by atoms with Crippen molar-refractivity contribution in [3.05, 3.63) is 0 Å². The minimum absolute atomic E-state index is 0.0904. The van der Waals surface area contributed by atoms with E-state index in [1.807, 2.05) is 6.92 Å². The first-order valence-corrected chi connectivity index (χ1v) is 5.17. The Morgan fingerprint density at radius 2 is 2.38 bits per heavy atom. The zero-order valence-electron chi connectivity index (χ0n) is 8.21. The molecule has 13 heavy (non-hydrogen) atoms. The minimum Gasteiger partial charge on any atom is -0.379 e. The molecule has 2 aliphatic rings. The summed E-state index contributed by atoms with van der Waals surface area (Å²) >= 11 is 0. The fourth-order valence-electron chi connectivity index (χ4n) is 2.52. The van der Waals surface area contributed by atoms with Gasteiger partial charge in [-0.1, -0.05) is 6.92 Å². The van der Waals surface area contributed by atoms with Crippen LogP contribution >= 0.6 is 0 Å². The summed E-state index contributed by atoms with van der Waals surface area (Å²) in [4.78, 5) is 13.7. The second kappa shape index (κ2) is 3.29. The summed E-state index contributed by atoms with van der Waals surface area (Å²) in [6.45, 7) is 4.46. The molecule has 2 saturated heterocycles. The molecule has 1 atom stereocenters. The summed E-state index contributed by atoms with van der Waals surface area (Å²) in [7, 11) is 0. The Labute approximate surface area is 79.0 Å². The van der Waals surface area contributed by atoms with Crippen molar-refractivity contribution in [3.8, 4) is 0 Å². The van der Waals surface area contributed by atoms with Gasteiger partial charge in [0, 0.05) is 19.6 Å². The fraction of sp³-hybridized carbons (Fsp3) is 0.900. The molecule has 0 radical (unpaired) electrons. The predicted octanol–water partition coefficient (Wildman–Crippen LogP) is 1.18. The lowest BCUT2D eigenvalue weighted by Gasteiger charge is -2.33. The van der Waals surface area contributed by atoms with Crippen molar-refractivity contribution in [2.45, 2.75) is 38.1 Å². The number of rotatable bonds is 1. The molecular weight excluding hydrogens is 166 g/mol. The maximum absolute atomic E-state index is 11.6. The Bertz CT molecular complexity index is 203. The molecule has 0 bridgehead atoms. The predicted molar refractivity (Wildman–Crippen MR) is 49.4 cm³/mol. The average Bonchev–Trinajstić information content (AvgIpc) is 2.76. The maximum Gasteiger partial charge on any atom is 0.222 e. The Morgan fingerprint density at radius 3 is 3.00 bits per heavy atom. The molecule has 0 aromatic rings. The van der Waals surface area contributed by atoms with Crippen LogP contribution in [0.5, 0.6) is 0 Å². The van der Waals surface area contributed by atoms with Gasteiger partial charge in [-0.25, -0.2) is 0 Å². The third kappa shape index (κ3) is 1.35. The molecule has 1 amide bonds. The lowest BCUT2D eigenvalue weighted by atomic mass is 9.95. The third-order valence-electron chi connectivity index (χ3n) is 3.28. The lowest BCUT2D eigenvalue weighted by molar-refractivity contribution is -0.135. The molecule has 3 heteroatoms. The summed E-state index contributed by atoms with van der Waals surface area (Å²) in [6.07, 6.45) is 3.95. The highest BCUT2D eigenvalue weighted by molar-refractivity contribution is 5.77. The second-order valence-corrected chi connectivity index (χ2v) is 4.03. The van der Waals surface area contributed by atoms with Crippen LogP contribution < -0.4 is 0 Å². The molecule has 1 unspecified atom stereocenters. The topological polar surface area (TPSA) is 29.5 Å². The maximum atomic E-state index is 11.6. The average molecular weight is 183 g/mol. The number of carbonyl (C=O) groups is 1. The highest BCUT2D eigenvalue weighted by Crippen LogP contribution is 2.36. The van der Waals surface area contributed by atoms with Crippen LogP contribution in [0.3, 0.4) is 0 Å². The van der Waals surface area contributed by atoms with Crippen molar-refractivity contribution in [2.75, 3.05) is 19.8 Å². The molecule has 2 heterocycles. The van der Waals surface area contributed by atoms with Gasteiger partial charge in [-0.2, -0.15) is 0 Å². The van der Waals surface area contributed by atoms with Crippen molar-refractivity contribution in [3.63, 3.8) is 0 Å². The van der Waals surface area contributed by atoms with E-state index in [2.05, 4.69) is 4.90 Å². The standard InChI is InChI=1S/C10H17NO2/c1-2-9(12)11-6-3-4-10(11)5-7-13-8-10/h2-8H2,1H3. The quantitative estimate of drug-likeness (QED) is 0.611. The van der Waals surface area contributed by atoms with E-state index >= 15 is 0 Å². The first-order valence-electron chi connectivity index (χ1n) is 5.17. The molecule has 0 saturated carbocycles. The molecule has 0 aliphatic carbocycles. The molecule has 2 aliphatic heterocycles. The van der Waals surface area contributed by atoms with Crippen molar-refractivity contribution in [1.82, 2.24) is 4.90 Å². The van der Waals surface area contributed by atoms with Gasteiger partial charge in [-0.3, -0.25) is 4.79 Å². The van der Waals surface area contributed by atoms with Crippen LogP contribution in [0.4, 0.5) is 0 Å². The van der Waals surface area contributed by atoms with E-state index in [1.54, 1.807) is 0 Å². The van der Waals surface area contributed by atoms with E-state index in [0.717, 1.165) is 39.0 Å². The van der Waals surface area contributed by atoms with E-state index in [0.29, 0.717) is 12.3 Å². The monoisotopic (exact) mass is 183 g/mol. The van der Waals surface area contributed by atoms with E-state index in [9.17, 15) is 4.79 Å². The van der Waals surface area contributed by atoms with Crippen LogP contribution in [-0.2, 0) is 9.53 Å². The second-order valence-electron chi connectivity index (χ2n) is 4.03. The summed E-state index contributed by atoms with van der Waals surface area (Å²) < 4.78 is 5.41. The van der Waals surface area contributed by atoms with Gasteiger partial charge in [0.05, 0.1) is 12.1 Å². The molecule has 0 N–H and O–H groups in total. The van der Waals surface area contributed by atoms with Gasteiger partial charge in [0.1, 0.15) is 0 Å². The molecular formula is C10H17NO2. The third-order valence-corrected chi connectivity index (χ3v) is 3.28. The van der Waals surface area contributed by atoms with E-state index in [1.165, 1.54) is 0 Å². The first kappa shape index (κ1) is 9.00. The molecule has 0 aromatic carbocycles. The van der Waals surface area contributed by atoms with Gasteiger partial charge < -0.3 is 9.64 Å². The Kier molecular flexibility index (Phi) is 2.28. The zero-order valence-corrected chi connectivity index (χ0v) is 8.21. The van der Waals surface area contributed by atoms with Crippen LogP contribution in [0.2, 0.25) is 0 Å². The van der Waals surface area contributed by atoms with E-state index < -0.39 is 0 Å². The van der Waals surface area contributed by atoms with E-state index in [-0.39, 0.29) is 5.54 Å². The largest absolute Gasteiger partial charge is 0.379 e. The first-order chi connectivity index (χ1) is 6.28. The van der Waals surface area contributed by atoms with Gasteiger partial charge in [0.25, 0.3) is 0 Å². The van der Waals surface area contributed by atoms with Gasteiger partial charge in [-0.15, -0.1) is 0 Å². The zero-order chi connectivity index (χ0) is 9.31. The normalized spacial score (nSPS) is 33.2. The Morgan fingerprint density at radius 1 is 1.54 bits per heavy atom. The summed E-state index contributed by atoms with van der Waals surface area (Å²) in [5.41, 5.74) is 0.0904. The number of nitrogens with zero attached hydrogens (tertiary/aromatic N) is 1. The lowest BCUT2D eigenvalue weighted by Crippen LogP contribution is -2.47. The Hall–Kier alpha value is -0.570. The van der Waals surface area contributed by atoms with Crippen LogP contribution in [0.15, 0.2) is 0 Å². The summed E-state index contributed by atoms with van der Waals surface area (Å²) in [6, 6.07) is 0. The van der Waals surface area contributed by atoms with Crippen LogP contribution in [0.1, 0.15) is 32.6 Å². The van der Waals surface area contributed by atoms with Gasteiger partial charge in [-0.05, 0) is 19.3 Å². The molecule has 1 spiro atoms. The van der Waals surface area contributed by atoms with Gasteiger partial charge >= 0.3 is 0 Å². The van der Waals surface area contributed by atoms with Crippen LogP contribution in [0.25, 0.3) is 0 Å². The smallest absolute Gasteiger partial charge is 0.222 e. The summed E-state index contributed by atoms with van der Waals surface area (Å²) in [5.74, 6) is 0.294. The number of hydrogen-bond donors (Lipinski definition) is 0. The number of carbonyl (C=O) groups excluding carboxylic acids is 1. The van der Waals surface area contributed by atoms with Crippen LogP contribution in [-0.4, -0.2) is 36.1 Å². The molecule has 0 aromatic heterocycles. The molecule has 2 rings (SSSR count). The fourth-order valence-corrected chi connectivity index (χ4v) is 2.52. The Balaban J connectivity index is 2.13. The van der Waals surface area contributed by atoms with Crippen molar-refractivity contribution in [1.29, 1.82) is 0 Å². The number of likely N-dealkylation sites (tertiary alicyclic amines) is 1. The van der Waals surface area contributed by atoms with Crippen LogP contribution in [0, 0.1) is 0 Å². The molecule has 3 nitrogen and oxygen atoms in total. The van der Waals surface area contributed by atoms with E-state index in [4.69, 9.17) is 4.74 Å². The number of ether oxygens (including phenoxy) is 1. The summed E-state index contributed by atoms with van der Waals surface area (Å²) in [5, 5.41) is 0. The van der Waals surface area contributed by atoms with Crippen molar-refractivity contribution in [2.24, 2.45) is 0 Å². The van der Waals surface area contributed by atoms with Crippen molar-refractivity contribution < 1.29 is 9.53 Å². The highest BCUT2D eigenvalue weighted by atomic mass is 16.5. The van der Waals surface area contributed by atoms with Gasteiger partial charge in [0.2, 0.25) is 5.91 Å². The van der Waals surface area contributed by atoms with Crippen molar-refractivity contribution >= 4 is 5.91 Å². The molecule has 74 valence electrons. The minimum atomic E-state index is 0.0904. The SMILES string of the molecule is CCC(=O)N1CCCC12CCOC2.